The minimum atomic E-state index is 0. The Balaban J connectivity index is 0.000000284. The van der Waals surface area contributed by atoms with E-state index in [-0.39, 0.29) is 22.3 Å². The summed E-state index contributed by atoms with van der Waals surface area (Å²) in [5, 5.41) is 5.31. The molecule has 8 rings (SSSR count). The van der Waals surface area contributed by atoms with Crippen molar-refractivity contribution in [2.75, 3.05) is 74.6 Å². The van der Waals surface area contributed by atoms with Gasteiger partial charge in [-0.05, 0) is 141 Å². The number of para-hydroxylation sites is 2. The number of hydrogen-bond acceptors (Lipinski definition) is 4. The third kappa shape index (κ3) is 13.6. The van der Waals surface area contributed by atoms with E-state index in [9.17, 15) is 0 Å². The van der Waals surface area contributed by atoms with Gasteiger partial charge in [0.2, 0.25) is 0 Å². The fourth-order valence-corrected chi connectivity index (χ4v) is 9.90. The monoisotopic (exact) mass is 940 g/mol. The number of alkyl halides is 1. The van der Waals surface area contributed by atoms with Gasteiger partial charge in [0.1, 0.15) is 0 Å². The molecule has 0 radical (unpaired) electrons. The highest BCUT2D eigenvalue weighted by molar-refractivity contribution is 14.1. The maximum atomic E-state index is 6.12. The minimum absolute atomic E-state index is 0. The van der Waals surface area contributed by atoms with Gasteiger partial charge < -0.3 is 20.0 Å². The molecule has 0 aromatic heterocycles. The number of anilines is 2. The van der Waals surface area contributed by atoms with Crippen LogP contribution in [0.25, 0.3) is 0 Å². The van der Waals surface area contributed by atoms with Gasteiger partial charge in [-0.3, -0.25) is 0 Å². The first kappa shape index (κ1) is 50.1. The summed E-state index contributed by atoms with van der Waals surface area (Å²) in [5.41, 5.74) is 6.25. The zero-order valence-corrected chi connectivity index (χ0v) is 36.9. The zero-order valence-electron chi connectivity index (χ0n) is 33.3. The lowest BCUT2D eigenvalue weighted by molar-refractivity contribution is 0.101. The Morgan fingerprint density at radius 2 is 1.03 bits per heavy atom. The maximum Gasteiger partial charge on any atom is 0.0406 e. The molecule has 4 aromatic carbocycles. The van der Waals surface area contributed by atoms with Crippen LogP contribution in [0.3, 0.4) is 0 Å². The van der Waals surface area contributed by atoms with Crippen molar-refractivity contribution in [1.29, 1.82) is 0 Å². The molecule has 2 aliphatic carbocycles. The lowest BCUT2D eigenvalue weighted by atomic mass is 9.64. The minimum Gasteiger partial charge on any atom is -0.385 e. The summed E-state index contributed by atoms with van der Waals surface area (Å²) in [7, 11) is 2.23. The second-order valence-electron chi connectivity index (χ2n) is 16.7. The van der Waals surface area contributed by atoms with Crippen LogP contribution in [0.15, 0.2) is 109 Å². The lowest BCUT2D eigenvalue weighted by Gasteiger charge is -2.47. The first-order valence-corrected chi connectivity index (χ1v) is 23.7. The molecule has 4 nitrogen and oxygen atoms in total. The molecule has 58 heavy (non-hydrogen) atoms. The van der Waals surface area contributed by atoms with Crippen LogP contribution in [-0.4, -0.2) is 74.1 Å². The second-order valence-corrected chi connectivity index (χ2v) is 17.6. The topological polar surface area (TPSA) is 21.8 Å². The number of hydrogen-bond donors (Lipinski definition) is 1. The van der Waals surface area contributed by atoms with Crippen molar-refractivity contribution in [2.24, 2.45) is 11.8 Å². The molecule has 0 amide bonds. The van der Waals surface area contributed by atoms with Gasteiger partial charge in [-0.2, -0.15) is 0 Å². The highest BCUT2D eigenvalue weighted by Gasteiger charge is 2.42. The highest BCUT2D eigenvalue weighted by atomic mass is 127. The van der Waals surface area contributed by atoms with Crippen LogP contribution in [0.4, 0.5) is 11.4 Å². The van der Waals surface area contributed by atoms with Crippen molar-refractivity contribution in [3.05, 3.63) is 130 Å². The van der Waals surface area contributed by atoms with E-state index in [1.165, 1.54) is 126 Å². The Morgan fingerprint density at radius 1 is 0.603 bits per heavy atom. The summed E-state index contributed by atoms with van der Waals surface area (Å²) in [5.74, 6) is 1.50. The van der Waals surface area contributed by atoms with Crippen molar-refractivity contribution < 1.29 is 0 Å². The Morgan fingerprint density at radius 3 is 1.48 bits per heavy atom. The molecule has 4 fully saturated rings. The zero-order chi connectivity index (χ0) is 38.5. The van der Waals surface area contributed by atoms with Crippen molar-refractivity contribution in [1.82, 2.24) is 9.80 Å². The number of benzene rings is 4. The number of halogens is 3. The molecule has 1 N–H and O–H groups in total. The van der Waals surface area contributed by atoms with Crippen molar-refractivity contribution >= 4 is 57.2 Å². The molecule has 2 saturated carbocycles. The Bertz CT molecular complexity index is 1680. The van der Waals surface area contributed by atoms with E-state index >= 15 is 0 Å². The van der Waals surface area contributed by atoms with Crippen LogP contribution in [-0.2, 0) is 10.8 Å². The molecule has 2 aliphatic heterocycles. The van der Waals surface area contributed by atoms with Gasteiger partial charge in [-0.1, -0.05) is 142 Å². The van der Waals surface area contributed by atoms with Crippen LogP contribution < -0.4 is 10.2 Å². The molecule has 2 saturated heterocycles. The fraction of sp³-hybridized carbons (Fsp3) is 0.529. The van der Waals surface area contributed by atoms with Gasteiger partial charge in [0.05, 0.1) is 0 Å². The van der Waals surface area contributed by atoms with E-state index in [2.05, 4.69) is 159 Å². The van der Waals surface area contributed by atoms with Crippen LogP contribution in [0, 0.1) is 11.8 Å². The Hall–Kier alpha value is -2.29. The van der Waals surface area contributed by atoms with E-state index in [1.54, 1.807) is 0 Å². The molecular weight excluding hydrogens is 866 g/mol. The van der Waals surface area contributed by atoms with E-state index in [0.29, 0.717) is 10.8 Å². The first-order valence-electron chi connectivity index (χ1n) is 20.8. The molecule has 2 atom stereocenters. The molecule has 4 aliphatic rings. The predicted molar refractivity (Wildman–Crippen MR) is 267 cm³/mol. The summed E-state index contributed by atoms with van der Waals surface area (Å²) >= 11 is 14.4. The summed E-state index contributed by atoms with van der Waals surface area (Å²) in [4.78, 5) is 9.85. The van der Waals surface area contributed by atoms with E-state index in [1.807, 2.05) is 4.93 Å². The van der Waals surface area contributed by atoms with Gasteiger partial charge >= 0.3 is 0 Å². The molecule has 0 unspecified atom stereocenters. The number of rotatable bonds is 12. The predicted octanol–water partition coefficient (Wildman–Crippen LogP) is 14.2. The SMILES string of the molecule is C.C.C.CI.CN(C[C@H]1CCCN(CC2(c3ccc(Cl)cc3)CCC2)C1)c1ccccc1.Clc1ccc(C2(CN3CCC[C@H](CNc4ccccc4)C3)CCC2)cc1. The number of likely N-dealkylation sites (tertiary alicyclic amines) is 2. The Kier molecular flexibility index (Phi) is 21.4. The average Bonchev–Trinajstić information content (AvgIpc) is 3.20. The number of nitrogens with one attached hydrogen (secondary N) is 1. The van der Waals surface area contributed by atoms with E-state index in [4.69, 9.17) is 23.2 Å². The smallest absolute Gasteiger partial charge is 0.0406 e. The largest absolute Gasteiger partial charge is 0.385 e. The third-order valence-corrected chi connectivity index (χ3v) is 13.4. The van der Waals surface area contributed by atoms with E-state index < -0.39 is 0 Å². The van der Waals surface area contributed by atoms with Crippen LogP contribution in [0.2, 0.25) is 10.0 Å². The van der Waals surface area contributed by atoms with Crippen molar-refractivity contribution in [3.8, 4) is 0 Å². The first-order chi connectivity index (χ1) is 26.9. The van der Waals surface area contributed by atoms with Crippen LogP contribution >= 0.6 is 45.8 Å². The van der Waals surface area contributed by atoms with Gasteiger partial charge in [0.25, 0.3) is 0 Å². The summed E-state index contributed by atoms with van der Waals surface area (Å²) in [6, 6.07) is 38.6. The average molecular weight is 942 g/mol. The molecule has 2 heterocycles. The number of piperidine rings is 2. The van der Waals surface area contributed by atoms with Crippen molar-refractivity contribution in [2.45, 2.75) is 97.3 Å². The molecule has 7 heteroatoms. The van der Waals surface area contributed by atoms with Gasteiger partial charge in [-0.15, -0.1) is 0 Å². The third-order valence-electron chi connectivity index (χ3n) is 12.9. The van der Waals surface area contributed by atoms with Crippen LogP contribution in [0.5, 0.6) is 0 Å². The fourth-order valence-electron chi connectivity index (χ4n) is 9.65. The van der Waals surface area contributed by atoms with Gasteiger partial charge in [0, 0.05) is 78.6 Å². The van der Waals surface area contributed by atoms with Gasteiger partial charge in [0.15, 0.2) is 0 Å². The highest BCUT2D eigenvalue weighted by Crippen LogP contribution is 2.46. The molecular formula is C51H75Cl2IN4. The van der Waals surface area contributed by atoms with Crippen molar-refractivity contribution in [3.63, 3.8) is 0 Å². The molecule has 0 bridgehead atoms. The maximum absolute atomic E-state index is 6.12. The van der Waals surface area contributed by atoms with Gasteiger partial charge in [-0.25, -0.2) is 0 Å². The quantitative estimate of drug-likeness (QED) is 0.113. The second kappa shape index (κ2) is 24.8. The Labute approximate surface area is 378 Å². The summed E-state index contributed by atoms with van der Waals surface area (Å²) < 4.78 is 0. The molecule has 0 spiro atoms. The van der Waals surface area contributed by atoms with Crippen LogP contribution in [0.1, 0.15) is 97.6 Å². The summed E-state index contributed by atoms with van der Waals surface area (Å²) in [6.07, 6.45) is 13.3. The number of nitrogens with zero attached hydrogens (tertiary/aromatic N) is 3. The standard InChI is InChI=1S/C24H31ClN2.C23H29ClN2.CH3I.3CH4/c1-26(23-8-3-2-4-9-23)17-20-7-5-16-27(18-20)19-24(14-6-15-24)21-10-12-22(25)13-11-21;24-21-11-9-20(10-12-21)23(13-5-14-23)18-26-15-4-6-19(17-26)16-25-22-7-2-1-3-8-22;1-2;;;/h2-4,8-13,20H,5-7,14-19H2,1H3;1-3,7-12,19,25H,4-6,13-18H2;1H3;3*1H4/t20-;19-;;;;/m11..../s1. The normalized spacial score (nSPS) is 20.6. The summed E-state index contributed by atoms with van der Waals surface area (Å²) in [6.45, 7) is 9.58. The molecule has 320 valence electrons. The lowest BCUT2D eigenvalue weighted by Crippen LogP contribution is -2.49. The van der Waals surface area contributed by atoms with E-state index in [0.717, 1.165) is 35.0 Å². The molecule has 4 aromatic rings.